The van der Waals surface area contributed by atoms with Crippen LogP contribution in [0, 0.1) is 0 Å². The van der Waals surface area contributed by atoms with Crippen LogP contribution in [0.3, 0.4) is 0 Å². The van der Waals surface area contributed by atoms with Crippen LogP contribution in [0.4, 0.5) is 9.59 Å². The number of carbonyl (C=O) groups excluding carboxylic acids is 2. The van der Waals surface area contributed by atoms with E-state index < -0.39 is 30.3 Å². The van der Waals surface area contributed by atoms with Crippen molar-refractivity contribution in [2.24, 2.45) is 0 Å². The van der Waals surface area contributed by atoms with E-state index in [1.54, 1.807) is 5.32 Å². The van der Waals surface area contributed by atoms with Gasteiger partial charge in [0, 0.05) is 0 Å². The minimum Gasteiger partial charge on any atom is -0.465 e. The second-order valence-electron chi connectivity index (χ2n) is 7.53. The van der Waals surface area contributed by atoms with Crippen LogP contribution in [0.5, 0.6) is 0 Å². The van der Waals surface area contributed by atoms with E-state index in [0.29, 0.717) is 6.42 Å². The van der Waals surface area contributed by atoms with E-state index >= 15 is 0 Å². The van der Waals surface area contributed by atoms with Crippen molar-refractivity contribution in [2.75, 3.05) is 6.54 Å². The summed E-state index contributed by atoms with van der Waals surface area (Å²) in [6.07, 6.45) is 7.88. The standard InChI is InChI=1S/C20H38N4O6/c1-15(14-25)21-13-11-9-7-5-3-4-6-8-10-12-17(23-19(27)28)22-16(2)18(26)24-20(29)30/h14-17,21-23H,3-13H2,1-2H3,(H,24,26)(H,27,28)(H,29,30)/t15?,16-,17?/m0/s1. The quantitative estimate of drug-likeness (QED) is 0.110. The van der Waals surface area contributed by atoms with Crippen LogP contribution in [-0.2, 0) is 9.59 Å². The third kappa shape index (κ3) is 16.7. The molecule has 174 valence electrons. The van der Waals surface area contributed by atoms with Crippen LogP contribution in [0.2, 0.25) is 0 Å². The summed E-state index contributed by atoms with van der Waals surface area (Å²) in [4.78, 5) is 43.5. The monoisotopic (exact) mass is 430 g/mol. The number of carboxylic acid groups (broad SMARTS) is 2. The van der Waals surface area contributed by atoms with Crippen LogP contribution in [0.15, 0.2) is 0 Å². The van der Waals surface area contributed by atoms with E-state index in [2.05, 4.69) is 16.0 Å². The van der Waals surface area contributed by atoms with Crippen molar-refractivity contribution in [3.63, 3.8) is 0 Å². The Kier molecular flexibility index (Phi) is 16.3. The number of rotatable bonds is 18. The first-order chi connectivity index (χ1) is 14.3. The fourth-order valence-electron chi connectivity index (χ4n) is 3.03. The summed E-state index contributed by atoms with van der Waals surface area (Å²) in [6.45, 7) is 4.20. The summed E-state index contributed by atoms with van der Waals surface area (Å²) in [6, 6.07) is -0.912. The maximum absolute atomic E-state index is 11.6. The highest BCUT2D eigenvalue weighted by Gasteiger charge is 2.20. The zero-order valence-corrected chi connectivity index (χ0v) is 18.1. The predicted molar refractivity (Wildman–Crippen MR) is 113 cm³/mol. The first kappa shape index (κ1) is 27.8. The van der Waals surface area contributed by atoms with Gasteiger partial charge >= 0.3 is 12.2 Å². The molecule has 0 aromatic carbocycles. The molecule has 10 heteroatoms. The van der Waals surface area contributed by atoms with Crippen molar-refractivity contribution in [1.82, 2.24) is 21.3 Å². The molecule has 6 N–H and O–H groups in total. The van der Waals surface area contributed by atoms with Gasteiger partial charge in [-0.25, -0.2) is 9.59 Å². The highest BCUT2D eigenvalue weighted by molar-refractivity contribution is 5.93. The topological polar surface area (TPSA) is 157 Å². The molecule has 0 aliphatic rings. The molecule has 2 unspecified atom stereocenters. The molecule has 3 atom stereocenters. The lowest BCUT2D eigenvalue weighted by Crippen LogP contribution is -2.53. The number of imide groups is 1. The summed E-state index contributed by atoms with van der Waals surface area (Å²) in [5.41, 5.74) is 0. The summed E-state index contributed by atoms with van der Waals surface area (Å²) in [5.74, 6) is -0.728. The van der Waals surface area contributed by atoms with Crippen LogP contribution in [0.1, 0.15) is 78.1 Å². The van der Waals surface area contributed by atoms with E-state index in [-0.39, 0.29) is 6.04 Å². The summed E-state index contributed by atoms with van der Waals surface area (Å²) >= 11 is 0. The van der Waals surface area contributed by atoms with E-state index in [1.165, 1.54) is 26.2 Å². The fraction of sp³-hybridized carbons (Fsp3) is 0.800. The molecule has 3 amide bonds. The molecule has 0 aliphatic heterocycles. The first-order valence-electron chi connectivity index (χ1n) is 10.7. The molecule has 0 rings (SSSR count). The summed E-state index contributed by atoms with van der Waals surface area (Å²) < 4.78 is 0. The lowest BCUT2D eigenvalue weighted by molar-refractivity contribution is -0.122. The Balaban J connectivity index is 3.81. The molecule has 0 fully saturated rings. The Morgan fingerprint density at radius 2 is 1.37 bits per heavy atom. The second-order valence-corrected chi connectivity index (χ2v) is 7.53. The highest BCUT2D eigenvalue weighted by Crippen LogP contribution is 2.11. The van der Waals surface area contributed by atoms with Gasteiger partial charge in [0.2, 0.25) is 5.91 Å². The largest absolute Gasteiger partial charge is 0.465 e. The molecule has 0 aliphatic carbocycles. The SMILES string of the molecule is CC(C=O)NCCCCCCCCCCCC(NC(=O)O)N[C@@H](C)C(=O)NC(=O)O. The van der Waals surface area contributed by atoms with Crippen molar-refractivity contribution in [3.05, 3.63) is 0 Å². The highest BCUT2D eigenvalue weighted by atomic mass is 16.4. The maximum Gasteiger partial charge on any atom is 0.411 e. The Bertz CT molecular complexity index is 518. The molecule has 0 saturated heterocycles. The lowest BCUT2D eigenvalue weighted by atomic mass is 10.1. The molecule has 0 spiro atoms. The van der Waals surface area contributed by atoms with Gasteiger partial charge in [-0.3, -0.25) is 15.4 Å². The number of aldehydes is 1. The molecule has 0 aromatic rings. The average molecular weight is 431 g/mol. The van der Waals surface area contributed by atoms with Crippen molar-refractivity contribution in [3.8, 4) is 0 Å². The van der Waals surface area contributed by atoms with Gasteiger partial charge in [-0.15, -0.1) is 0 Å². The minimum atomic E-state index is -1.44. The molecule has 0 heterocycles. The zero-order valence-electron chi connectivity index (χ0n) is 18.1. The molecule has 0 bridgehead atoms. The predicted octanol–water partition coefficient (Wildman–Crippen LogP) is 2.43. The van der Waals surface area contributed by atoms with Gasteiger partial charge in [0.1, 0.15) is 6.29 Å². The van der Waals surface area contributed by atoms with E-state index in [0.717, 1.165) is 51.4 Å². The van der Waals surface area contributed by atoms with Crippen LogP contribution < -0.4 is 21.3 Å². The van der Waals surface area contributed by atoms with Gasteiger partial charge in [-0.1, -0.05) is 51.4 Å². The van der Waals surface area contributed by atoms with Crippen molar-refractivity contribution in [2.45, 2.75) is 96.3 Å². The van der Waals surface area contributed by atoms with Gasteiger partial charge in [0.25, 0.3) is 0 Å². The summed E-state index contributed by atoms with van der Waals surface area (Å²) in [7, 11) is 0. The number of unbranched alkanes of at least 4 members (excludes halogenated alkanes) is 8. The number of hydrogen-bond donors (Lipinski definition) is 6. The first-order valence-corrected chi connectivity index (χ1v) is 10.7. The Hall–Kier alpha value is -2.20. The lowest BCUT2D eigenvalue weighted by Gasteiger charge is -2.22. The molecular weight excluding hydrogens is 392 g/mol. The molecule has 10 nitrogen and oxygen atoms in total. The molecule has 0 radical (unpaired) electrons. The second kappa shape index (κ2) is 17.6. The van der Waals surface area contributed by atoms with Crippen molar-refractivity contribution in [1.29, 1.82) is 0 Å². The third-order valence-electron chi connectivity index (χ3n) is 4.71. The van der Waals surface area contributed by atoms with Crippen LogP contribution in [0.25, 0.3) is 0 Å². The third-order valence-corrected chi connectivity index (χ3v) is 4.71. The van der Waals surface area contributed by atoms with Gasteiger partial charge < -0.3 is 25.6 Å². The summed E-state index contributed by atoms with van der Waals surface area (Å²) in [5, 5.41) is 27.5. The van der Waals surface area contributed by atoms with Gasteiger partial charge in [0.15, 0.2) is 0 Å². The van der Waals surface area contributed by atoms with E-state index in [4.69, 9.17) is 10.2 Å². The van der Waals surface area contributed by atoms with E-state index in [1.807, 2.05) is 6.92 Å². The smallest absolute Gasteiger partial charge is 0.411 e. The van der Waals surface area contributed by atoms with Crippen molar-refractivity contribution < 1.29 is 29.4 Å². The number of carbonyl (C=O) groups is 4. The fourth-order valence-corrected chi connectivity index (χ4v) is 3.03. The molecule has 0 aromatic heterocycles. The van der Waals surface area contributed by atoms with Gasteiger partial charge in [0.05, 0.1) is 18.2 Å². The minimum absolute atomic E-state index is 0.0735. The van der Waals surface area contributed by atoms with Gasteiger partial charge in [-0.05, 0) is 33.2 Å². The zero-order chi connectivity index (χ0) is 22.8. The number of hydrogen-bond acceptors (Lipinski definition) is 6. The number of amides is 3. The Morgan fingerprint density at radius 1 is 0.833 bits per heavy atom. The van der Waals surface area contributed by atoms with Gasteiger partial charge in [-0.2, -0.15) is 0 Å². The van der Waals surface area contributed by atoms with E-state index in [9.17, 15) is 19.2 Å². The van der Waals surface area contributed by atoms with Crippen LogP contribution >= 0.6 is 0 Å². The maximum atomic E-state index is 11.6. The van der Waals surface area contributed by atoms with Crippen molar-refractivity contribution >= 4 is 24.4 Å². The van der Waals surface area contributed by atoms with Crippen LogP contribution in [-0.4, -0.2) is 59.4 Å². The normalized spacial score (nSPS) is 13.8. The Morgan fingerprint density at radius 3 is 1.87 bits per heavy atom. The Labute approximate surface area is 178 Å². The molecular formula is C20H38N4O6. The number of nitrogens with one attached hydrogen (secondary N) is 4. The molecule has 30 heavy (non-hydrogen) atoms. The molecule has 0 saturated carbocycles. The average Bonchev–Trinajstić information content (AvgIpc) is 2.67.